The molecule has 0 fully saturated rings. The predicted octanol–water partition coefficient (Wildman–Crippen LogP) is -8.92. The van der Waals surface area contributed by atoms with Gasteiger partial charge < -0.3 is 172 Å². The number of hydrogen-bond acceptors (Lipinski definition) is 29. The molecule has 54 heteroatoms. The molecule has 18 atom stereocenters. The van der Waals surface area contributed by atoms with E-state index in [0.29, 0.717) is 23.1 Å². The Morgan fingerprint density at radius 1 is 0.374 bits per heavy atom. The Labute approximate surface area is 849 Å². The first-order valence-electron chi connectivity index (χ1n) is 48.1. The van der Waals surface area contributed by atoms with Gasteiger partial charge in [0.05, 0.1) is 43.7 Å². The van der Waals surface area contributed by atoms with Crippen LogP contribution in [0.1, 0.15) is 167 Å². The zero-order chi connectivity index (χ0) is 110. The first kappa shape index (κ1) is 124. The van der Waals surface area contributed by atoms with Crippen LogP contribution in [0.5, 0.6) is 17.2 Å². The molecule has 0 unspecified atom stereocenters. The van der Waals surface area contributed by atoms with Crippen molar-refractivity contribution in [2.45, 2.75) is 267 Å². The normalized spacial score (nSPS) is 14.7. The Morgan fingerprint density at radius 3 is 1.10 bits per heavy atom. The van der Waals surface area contributed by atoms with Gasteiger partial charge in [-0.15, -0.1) is 0 Å². The number of amides is 18. The molecule has 43 N–H and O–H groups in total. The maximum Gasteiger partial charge on any atom is 0.245 e. The van der Waals surface area contributed by atoms with Crippen LogP contribution in [-0.2, 0) is 112 Å². The molecule has 147 heavy (non-hydrogen) atoms. The van der Waals surface area contributed by atoms with Crippen LogP contribution in [0.4, 0.5) is 0 Å². The lowest BCUT2D eigenvalue weighted by atomic mass is 9.95. The highest BCUT2D eigenvalue weighted by atomic mass is 16.3. The second-order valence-electron chi connectivity index (χ2n) is 36.0. The summed E-state index contributed by atoms with van der Waals surface area (Å²) in [5.74, 6) is -22.7. The molecule has 0 aliphatic heterocycles. The van der Waals surface area contributed by atoms with E-state index in [4.69, 9.17) is 62.1 Å². The largest absolute Gasteiger partial charge is 0.508 e. The zero-order valence-electron chi connectivity index (χ0n) is 83.4. The number of H-pyrrole nitrogens is 1. The van der Waals surface area contributed by atoms with Crippen molar-refractivity contribution in [1.82, 2.24) is 106 Å². The summed E-state index contributed by atoms with van der Waals surface area (Å²) in [5, 5.41) is 120. The highest BCUT2D eigenvalue weighted by Gasteiger charge is 2.42. The number of aliphatic hydroxyl groups excluding tert-OH is 2. The van der Waals surface area contributed by atoms with Gasteiger partial charge >= 0.3 is 0 Å². The van der Waals surface area contributed by atoms with E-state index in [1.54, 1.807) is 39.8 Å². The third-order valence-electron chi connectivity index (χ3n) is 23.4. The SMILES string of the molecule is CC[C@H](C)[C@H](NC(=O)[C@H](Cc1ccc(O)cc1)NC(=O)[C@H](Cc1c[nH]cn1)NC(=O)[C@H](CCCNC(=N)N)NC(=O)[C@H](CCCCN)NC(=O)[C@H](CO)NC(=O)CNC(=O)[C@@H](N)Cc1ccc(O)cc1)C(=O)N[C@@H](CC(N)=O)C(=O)N[C@@H](CC(C)C)C(=O)N[C@H](C(=O)N[C@H](C(=O)N[C@@H](CCCNC(=N)N)C(=O)N[C@@H](CCC(N)=O)C(=O)N[C@@H](CCCNC(=N)N)C(=O)N[C@@H](Cc1ccc(O)cc1)C(N)=O)[C@@H](C)O)[C@@H](C)CC. The van der Waals surface area contributed by atoms with E-state index >= 15 is 9.59 Å². The Kier molecular flexibility index (Phi) is 54.0. The maximum absolute atomic E-state index is 15.2. The lowest BCUT2D eigenvalue weighted by Crippen LogP contribution is -2.63. The van der Waals surface area contributed by atoms with E-state index in [1.807, 2.05) is 0 Å². The van der Waals surface area contributed by atoms with Crippen LogP contribution in [0.25, 0.3) is 0 Å². The van der Waals surface area contributed by atoms with Crippen LogP contribution < -0.4 is 142 Å². The summed E-state index contributed by atoms with van der Waals surface area (Å²) in [7, 11) is 0. The van der Waals surface area contributed by atoms with Gasteiger partial charge in [0.2, 0.25) is 106 Å². The van der Waals surface area contributed by atoms with Gasteiger partial charge in [-0.1, -0.05) is 90.8 Å². The summed E-state index contributed by atoms with van der Waals surface area (Å²) in [5.41, 5.74) is 46.9. The van der Waals surface area contributed by atoms with Crippen molar-refractivity contribution >= 4 is 124 Å². The molecule has 0 aliphatic carbocycles. The number of phenolic OH excluding ortho intramolecular Hbond substituents is 3. The van der Waals surface area contributed by atoms with E-state index in [2.05, 4.69) is 106 Å². The van der Waals surface area contributed by atoms with Crippen molar-refractivity contribution in [1.29, 1.82) is 16.2 Å². The summed E-state index contributed by atoms with van der Waals surface area (Å²) < 4.78 is 0. The monoisotopic (exact) mass is 2070 g/mol. The molecule has 0 radical (unpaired) electrons. The number of aromatic nitrogens is 2. The van der Waals surface area contributed by atoms with Crippen LogP contribution in [0.3, 0.4) is 0 Å². The number of carbonyl (C=O) groups is 18. The lowest BCUT2D eigenvalue weighted by molar-refractivity contribution is -0.138. The summed E-state index contributed by atoms with van der Waals surface area (Å²) in [6.07, 6.45) is -2.49. The Bertz CT molecular complexity index is 5060. The van der Waals surface area contributed by atoms with E-state index in [0.717, 1.165) is 6.92 Å². The number of hydrogen-bond donors (Lipinski definition) is 35. The highest BCUT2D eigenvalue weighted by molar-refractivity contribution is 6.02. The highest BCUT2D eigenvalue weighted by Crippen LogP contribution is 2.20. The minimum absolute atomic E-state index is 0.00289. The van der Waals surface area contributed by atoms with Gasteiger partial charge in [-0.3, -0.25) is 103 Å². The first-order valence-corrected chi connectivity index (χ1v) is 48.1. The van der Waals surface area contributed by atoms with Gasteiger partial charge in [0, 0.05) is 51.5 Å². The summed E-state index contributed by atoms with van der Waals surface area (Å²) in [4.78, 5) is 262. The predicted molar refractivity (Wildman–Crippen MR) is 535 cm³/mol. The molecule has 54 nitrogen and oxygen atoms in total. The average molecular weight is 2070 g/mol. The number of unbranched alkanes of at least 4 members (excludes halogenated alkanes) is 1. The second kappa shape index (κ2) is 64.2. The van der Waals surface area contributed by atoms with E-state index in [1.165, 1.54) is 87.0 Å². The third-order valence-corrected chi connectivity index (χ3v) is 23.4. The number of nitrogens with one attached hydrogen (secondary N) is 22. The molecule has 18 amide bonds. The quantitative estimate of drug-likeness (QED) is 0.0111. The molecular weight excluding hydrogens is 1920 g/mol. The molecule has 0 bridgehead atoms. The Morgan fingerprint density at radius 2 is 0.714 bits per heavy atom. The number of aromatic amines is 1. The number of nitrogens with zero attached hydrogens (tertiary/aromatic N) is 1. The Balaban J connectivity index is 1.65. The number of aliphatic hydroxyl groups is 2. The molecule has 0 spiro atoms. The van der Waals surface area contributed by atoms with E-state index in [-0.39, 0.29) is 133 Å². The standard InChI is InChI=1S/C93H147N31O23/c1-8-48(5)73(122-86(143)66(40-53-23-29-57(129)30-24-53)119-83(140)67(41-54-43-105-46-110-54)120-81(138)61(17-13-35-107-92(101)102)112-78(135)59(15-10-11-33-94)114-87(144)69(45-125)111-72(132)44-109-77(134)58(95)38-51-19-25-55(127)26-20-51)88(145)121-68(42-71(97)131)84(141)118-65(37-47(3)4)85(142)123-74(49(6)9-2)89(146)124-75(50(7)126)90(147)116-62(18-14-36-108-93(103)104)79(136)115-63(31-32-70(96)130)82(139)113-60(16-12-34-106-91(99)100)80(137)117-64(76(98)133)39-52-21-27-56(128)28-22-52/h19-30,43,46-50,58-69,73-75,125-129H,8-18,31-42,44-45,94-95H2,1-7H3,(H2,96,130)(H2,97,131)(H2,98,133)(H,105,110)(H,109,134)(H,111,132)(H,112,135)(H,113,139)(H,114,144)(H,115,136)(H,116,147)(H,117,137)(H,118,141)(H,119,140)(H,120,138)(H,121,145)(H,122,143)(H,123,142)(H,124,146)(H4,99,100,106)(H4,101,102,107)(H4,103,104,108)/t48-,49-,50+,58-,59-,60-,61-,62-,63-,64-,65-,66-,67-,68-,69-,73-,74-,75-/m0/s1. The molecule has 1 heterocycles. The van der Waals surface area contributed by atoms with Crippen molar-refractivity contribution in [3.05, 3.63) is 108 Å². The van der Waals surface area contributed by atoms with Crippen molar-refractivity contribution in [3.8, 4) is 17.2 Å². The van der Waals surface area contributed by atoms with Gasteiger partial charge in [-0.2, -0.15) is 0 Å². The average Bonchev–Trinajstić information content (AvgIpc) is 1.37. The number of primary amides is 3. The molecule has 0 aliphatic rings. The van der Waals surface area contributed by atoms with Gasteiger partial charge in [0.15, 0.2) is 17.9 Å². The zero-order valence-corrected chi connectivity index (χ0v) is 83.4. The number of phenols is 3. The number of carbonyl (C=O) groups excluding carboxylic acids is 18. The summed E-state index contributed by atoms with van der Waals surface area (Å²) in [6, 6.07) is -7.65. The number of rotatable bonds is 68. The minimum atomic E-state index is -1.97. The molecule has 0 saturated heterocycles. The first-order chi connectivity index (χ1) is 69.5. The molecular formula is C93H147N31O23. The van der Waals surface area contributed by atoms with Crippen molar-refractivity contribution < 1.29 is 112 Å². The number of nitrogens with two attached hydrogens (primary N) is 8. The Hall–Kier alpha value is -15.6. The van der Waals surface area contributed by atoms with E-state index in [9.17, 15) is 102 Å². The smallest absolute Gasteiger partial charge is 0.245 e. The van der Waals surface area contributed by atoms with Gasteiger partial charge in [-0.25, -0.2) is 4.98 Å². The van der Waals surface area contributed by atoms with Crippen LogP contribution in [0, 0.1) is 34.0 Å². The summed E-state index contributed by atoms with van der Waals surface area (Å²) in [6.45, 7) is 9.05. The fraction of sp³-hybridized carbons (Fsp3) is 0.548. The van der Waals surface area contributed by atoms with Crippen molar-refractivity contribution in [3.63, 3.8) is 0 Å². The number of imidazole rings is 1. The number of benzene rings is 3. The third kappa shape index (κ3) is 46.3. The fourth-order valence-electron chi connectivity index (χ4n) is 14.8. The van der Waals surface area contributed by atoms with E-state index < -0.39 is 284 Å². The van der Waals surface area contributed by atoms with Gasteiger partial charge in [0.25, 0.3) is 0 Å². The van der Waals surface area contributed by atoms with Gasteiger partial charge in [0.1, 0.15) is 102 Å². The van der Waals surface area contributed by atoms with Crippen LogP contribution in [0.15, 0.2) is 85.3 Å². The number of guanidine groups is 3. The maximum atomic E-state index is 15.2. The topological polar surface area (TPSA) is 933 Å². The van der Waals surface area contributed by atoms with Gasteiger partial charge in [-0.05, 0) is 161 Å². The molecule has 4 aromatic rings. The number of aromatic hydroxyl groups is 3. The van der Waals surface area contributed by atoms with Crippen LogP contribution in [-0.4, -0.2) is 296 Å². The van der Waals surface area contributed by atoms with Crippen LogP contribution in [0.2, 0.25) is 0 Å². The fourth-order valence-corrected chi connectivity index (χ4v) is 14.8. The minimum Gasteiger partial charge on any atom is -0.508 e. The van der Waals surface area contributed by atoms with Crippen molar-refractivity contribution in [2.24, 2.45) is 63.6 Å². The summed E-state index contributed by atoms with van der Waals surface area (Å²) >= 11 is 0. The van der Waals surface area contributed by atoms with Crippen molar-refractivity contribution in [2.75, 3.05) is 39.3 Å². The van der Waals surface area contributed by atoms with Crippen LogP contribution >= 0.6 is 0 Å². The molecule has 0 saturated carbocycles. The molecule has 1 aromatic heterocycles. The molecule has 812 valence electrons. The molecule has 3 aromatic carbocycles. The second-order valence-corrected chi connectivity index (χ2v) is 36.0. The lowest BCUT2D eigenvalue weighted by Gasteiger charge is -2.31. The molecule has 4 rings (SSSR count).